The molecule has 0 spiro atoms. The van der Waals surface area contributed by atoms with Gasteiger partial charge in [-0.1, -0.05) is 0 Å². The Morgan fingerprint density at radius 3 is 2.71 bits per heavy atom. The summed E-state index contributed by atoms with van der Waals surface area (Å²) < 4.78 is 5.36. The maximum absolute atomic E-state index is 12.0. The monoisotopic (exact) mass is 200 g/mol. The lowest BCUT2D eigenvalue weighted by Gasteiger charge is -2.43. The first kappa shape index (κ1) is 11.5. The topological polar surface area (TPSA) is 41.6 Å². The van der Waals surface area contributed by atoms with Crippen LogP contribution in [0.2, 0.25) is 0 Å². The standard InChI is InChI=1S/C10H20N2O2/c1-8(11-4)9(13)12-5-6-14-7-10(12,2)3/h8,11H,5-7H2,1-4H3. The quantitative estimate of drug-likeness (QED) is 0.694. The van der Waals surface area contributed by atoms with Crippen LogP contribution in [0.4, 0.5) is 0 Å². The van der Waals surface area contributed by atoms with Crippen LogP contribution < -0.4 is 5.32 Å². The van der Waals surface area contributed by atoms with Crippen LogP contribution in [0.5, 0.6) is 0 Å². The van der Waals surface area contributed by atoms with Crippen molar-refractivity contribution in [2.45, 2.75) is 32.4 Å². The summed E-state index contributed by atoms with van der Waals surface area (Å²) in [4.78, 5) is 13.9. The minimum absolute atomic E-state index is 0.118. The van der Waals surface area contributed by atoms with E-state index < -0.39 is 0 Å². The van der Waals surface area contributed by atoms with Crippen LogP contribution >= 0.6 is 0 Å². The molecule has 4 heteroatoms. The molecule has 0 saturated carbocycles. The third-order valence-electron chi connectivity index (χ3n) is 2.71. The highest BCUT2D eigenvalue weighted by Gasteiger charge is 2.35. The van der Waals surface area contributed by atoms with Gasteiger partial charge in [-0.2, -0.15) is 0 Å². The zero-order chi connectivity index (χ0) is 10.8. The van der Waals surface area contributed by atoms with Crippen LogP contribution in [0.1, 0.15) is 20.8 Å². The number of ether oxygens (including phenoxy) is 1. The molecule has 4 nitrogen and oxygen atoms in total. The molecule has 1 heterocycles. The normalized spacial score (nSPS) is 23.3. The van der Waals surface area contributed by atoms with E-state index >= 15 is 0 Å². The van der Waals surface area contributed by atoms with Crippen molar-refractivity contribution in [3.63, 3.8) is 0 Å². The highest BCUT2D eigenvalue weighted by atomic mass is 16.5. The Balaban J connectivity index is 2.69. The van der Waals surface area contributed by atoms with Gasteiger partial charge in [0.15, 0.2) is 0 Å². The minimum atomic E-state index is -0.180. The second kappa shape index (κ2) is 4.28. The molecule has 1 rings (SSSR count). The smallest absolute Gasteiger partial charge is 0.240 e. The maximum atomic E-state index is 12.0. The van der Waals surface area contributed by atoms with Gasteiger partial charge in [0.1, 0.15) is 0 Å². The van der Waals surface area contributed by atoms with Gasteiger partial charge in [0.25, 0.3) is 0 Å². The van der Waals surface area contributed by atoms with Crippen LogP contribution in [-0.2, 0) is 9.53 Å². The predicted molar refractivity (Wildman–Crippen MR) is 55.1 cm³/mol. The van der Waals surface area contributed by atoms with Crippen LogP contribution in [0, 0.1) is 0 Å². The number of nitrogens with zero attached hydrogens (tertiary/aromatic N) is 1. The third-order valence-corrected chi connectivity index (χ3v) is 2.71. The number of nitrogens with one attached hydrogen (secondary N) is 1. The number of rotatable bonds is 2. The number of carbonyl (C=O) groups excluding carboxylic acids is 1. The van der Waals surface area contributed by atoms with E-state index in [2.05, 4.69) is 5.32 Å². The average Bonchev–Trinajstić information content (AvgIpc) is 2.15. The van der Waals surface area contributed by atoms with Gasteiger partial charge >= 0.3 is 0 Å². The van der Waals surface area contributed by atoms with Gasteiger partial charge < -0.3 is 15.0 Å². The first-order valence-corrected chi connectivity index (χ1v) is 5.05. The van der Waals surface area contributed by atoms with Crippen molar-refractivity contribution in [1.29, 1.82) is 0 Å². The van der Waals surface area contributed by atoms with Crippen molar-refractivity contribution in [3.05, 3.63) is 0 Å². The van der Waals surface area contributed by atoms with E-state index in [9.17, 15) is 4.79 Å². The molecule has 0 bridgehead atoms. The Labute approximate surface area is 85.6 Å². The summed E-state index contributed by atoms with van der Waals surface area (Å²) in [6, 6.07) is -0.118. The number of amides is 1. The zero-order valence-electron chi connectivity index (χ0n) is 9.46. The summed E-state index contributed by atoms with van der Waals surface area (Å²) in [5.41, 5.74) is -0.180. The van der Waals surface area contributed by atoms with Crippen molar-refractivity contribution in [3.8, 4) is 0 Å². The molecule has 0 aromatic carbocycles. The number of likely N-dealkylation sites (N-methyl/N-ethyl adjacent to an activating group) is 1. The van der Waals surface area contributed by atoms with Crippen LogP contribution in [0.15, 0.2) is 0 Å². The van der Waals surface area contributed by atoms with E-state index in [1.807, 2.05) is 25.7 Å². The first-order chi connectivity index (χ1) is 6.49. The molecule has 1 saturated heterocycles. The average molecular weight is 200 g/mol. The highest BCUT2D eigenvalue weighted by molar-refractivity contribution is 5.82. The summed E-state index contributed by atoms with van der Waals surface area (Å²) in [7, 11) is 1.80. The van der Waals surface area contributed by atoms with Crippen LogP contribution in [0.25, 0.3) is 0 Å². The molecule has 1 N–H and O–H groups in total. The van der Waals surface area contributed by atoms with E-state index in [0.717, 1.165) is 0 Å². The molecule has 1 amide bonds. The molecular weight excluding hydrogens is 180 g/mol. The highest BCUT2D eigenvalue weighted by Crippen LogP contribution is 2.19. The molecule has 1 aliphatic heterocycles. The van der Waals surface area contributed by atoms with Crippen LogP contribution in [0.3, 0.4) is 0 Å². The number of hydrogen-bond acceptors (Lipinski definition) is 3. The van der Waals surface area contributed by atoms with Crippen LogP contribution in [-0.4, -0.2) is 49.2 Å². The molecule has 0 aliphatic carbocycles. The Morgan fingerprint density at radius 2 is 2.21 bits per heavy atom. The van der Waals surface area contributed by atoms with Gasteiger partial charge in [0.2, 0.25) is 5.91 Å². The molecule has 1 unspecified atom stereocenters. The van der Waals surface area contributed by atoms with E-state index in [4.69, 9.17) is 4.74 Å². The molecule has 0 aromatic heterocycles. The lowest BCUT2D eigenvalue weighted by Crippen LogP contribution is -2.59. The van der Waals surface area contributed by atoms with Gasteiger partial charge in [-0.3, -0.25) is 4.79 Å². The predicted octanol–water partition coefficient (Wildman–Crippen LogP) is 0.232. The Kier molecular flexibility index (Phi) is 3.50. The van der Waals surface area contributed by atoms with Gasteiger partial charge in [-0.25, -0.2) is 0 Å². The third kappa shape index (κ3) is 2.25. The second-order valence-corrected chi connectivity index (χ2v) is 4.37. The molecule has 14 heavy (non-hydrogen) atoms. The lowest BCUT2D eigenvalue weighted by molar-refractivity contribution is -0.148. The fourth-order valence-corrected chi connectivity index (χ4v) is 1.62. The fourth-order valence-electron chi connectivity index (χ4n) is 1.62. The zero-order valence-corrected chi connectivity index (χ0v) is 9.46. The van der Waals surface area contributed by atoms with E-state index in [0.29, 0.717) is 19.8 Å². The van der Waals surface area contributed by atoms with Crippen molar-refractivity contribution < 1.29 is 9.53 Å². The van der Waals surface area contributed by atoms with Crippen molar-refractivity contribution in [2.75, 3.05) is 26.8 Å². The Morgan fingerprint density at radius 1 is 1.57 bits per heavy atom. The van der Waals surface area contributed by atoms with E-state index in [1.54, 1.807) is 7.05 Å². The Hall–Kier alpha value is -0.610. The summed E-state index contributed by atoms with van der Waals surface area (Å²) >= 11 is 0. The van der Waals surface area contributed by atoms with E-state index in [-0.39, 0.29) is 17.5 Å². The van der Waals surface area contributed by atoms with Gasteiger partial charge in [-0.15, -0.1) is 0 Å². The molecule has 1 fully saturated rings. The molecule has 0 radical (unpaired) electrons. The molecule has 1 atom stereocenters. The summed E-state index contributed by atoms with van der Waals surface area (Å²) in [5, 5.41) is 2.97. The summed E-state index contributed by atoms with van der Waals surface area (Å²) in [6.45, 7) is 7.91. The lowest BCUT2D eigenvalue weighted by atomic mass is 10.0. The van der Waals surface area contributed by atoms with Crippen molar-refractivity contribution >= 4 is 5.91 Å². The van der Waals surface area contributed by atoms with Gasteiger partial charge in [-0.05, 0) is 27.8 Å². The molecule has 0 aromatic rings. The molecule has 82 valence electrons. The van der Waals surface area contributed by atoms with E-state index in [1.165, 1.54) is 0 Å². The minimum Gasteiger partial charge on any atom is -0.377 e. The van der Waals surface area contributed by atoms with Gasteiger partial charge in [0, 0.05) is 6.54 Å². The number of hydrogen-bond donors (Lipinski definition) is 1. The molecular formula is C10H20N2O2. The largest absolute Gasteiger partial charge is 0.377 e. The number of carbonyl (C=O) groups is 1. The molecule has 1 aliphatic rings. The maximum Gasteiger partial charge on any atom is 0.240 e. The number of morpholine rings is 1. The Bertz CT molecular complexity index is 216. The fraction of sp³-hybridized carbons (Fsp3) is 0.900. The summed E-state index contributed by atoms with van der Waals surface area (Å²) in [5.74, 6) is 0.154. The first-order valence-electron chi connectivity index (χ1n) is 5.05. The second-order valence-electron chi connectivity index (χ2n) is 4.37. The summed E-state index contributed by atoms with van der Waals surface area (Å²) in [6.07, 6.45) is 0. The van der Waals surface area contributed by atoms with Crippen molar-refractivity contribution in [2.24, 2.45) is 0 Å². The van der Waals surface area contributed by atoms with Crippen molar-refractivity contribution in [1.82, 2.24) is 10.2 Å². The SMILES string of the molecule is CNC(C)C(=O)N1CCOCC1(C)C. The van der Waals surface area contributed by atoms with Gasteiger partial charge in [0.05, 0.1) is 24.8 Å².